The largest absolute Gasteiger partial charge is 0.504 e. The van der Waals surface area contributed by atoms with Crippen LogP contribution in [0.15, 0.2) is 30.4 Å². The molecule has 2 heteroatoms. The minimum absolute atomic E-state index is 0.0752. The van der Waals surface area contributed by atoms with Crippen molar-refractivity contribution in [3.63, 3.8) is 0 Å². The van der Waals surface area contributed by atoms with Gasteiger partial charge in [-0.2, -0.15) is 0 Å². The third kappa shape index (κ3) is 2.02. The quantitative estimate of drug-likeness (QED) is 0.519. The lowest BCUT2D eigenvalue weighted by molar-refractivity contribution is 0.403. The number of hydrogen-bond donors (Lipinski definition) is 2. The van der Waals surface area contributed by atoms with Crippen LogP contribution in [0, 0.1) is 0 Å². The third-order valence-electron chi connectivity index (χ3n) is 1.55. The lowest BCUT2D eigenvalue weighted by Crippen LogP contribution is -1.84. The van der Waals surface area contributed by atoms with Crippen molar-refractivity contribution >= 4 is 0 Å². The second-order valence-corrected chi connectivity index (χ2v) is 2.96. The third-order valence-corrected chi connectivity index (χ3v) is 1.55. The van der Waals surface area contributed by atoms with Gasteiger partial charge in [-0.1, -0.05) is 18.2 Å². The van der Waals surface area contributed by atoms with Gasteiger partial charge < -0.3 is 10.2 Å². The Labute approximate surface area is 71.8 Å². The lowest BCUT2D eigenvalue weighted by atomic mass is 10.1. The van der Waals surface area contributed by atoms with Crippen molar-refractivity contribution in [3.05, 3.63) is 35.9 Å². The topological polar surface area (TPSA) is 40.5 Å². The molecule has 0 heterocycles. The van der Waals surface area contributed by atoms with E-state index in [1.54, 1.807) is 12.1 Å². The van der Waals surface area contributed by atoms with E-state index >= 15 is 0 Å². The average molecular weight is 164 g/mol. The molecule has 64 valence electrons. The molecule has 0 aliphatic heterocycles. The maximum Gasteiger partial charge on any atom is 0.157 e. The molecule has 1 rings (SSSR count). The maximum absolute atomic E-state index is 9.13. The van der Waals surface area contributed by atoms with Gasteiger partial charge in [0.25, 0.3) is 0 Å². The zero-order valence-corrected chi connectivity index (χ0v) is 7.04. The Morgan fingerprint density at radius 1 is 1.33 bits per heavy atom. The van der Waals surface area contributed by atoms with Gasteiger partial charge in [-0.25, -0.2) is 0 Å². The molecular formula is C10H12O2. The standard InChI is InChI=1S/C10H12O2/c1-7(2)5-8-3-4-9(11)10(12)6-8/h3-4,6,11-12H,1,5H2,2H3. The zero-order chi connectivity index (χ0) is 9.14. The Bertz CT molecular complexity index is 303. The van der Waals surface area contributed by atoms with Gasteiger partial charge in [-0.3, -0.25) is 0 Å². The summed E-state index contributed by atoms with van der Waals surface area (Å²) in [7, 11) is 0. The summed E-state index contributed by atoms with van der Waals surface area (Å²) in [6.07, 6.45) is 0.730. The van der Waals surface area contributed by atoms with E-state index in [1.165, 1.54) is 6.07 Å². The highest BCUT2D eigenvalue weighted by molar-refractivity contribution is 5.41. The predicted octanol–water partition coefficient (Wildman–Crippen LogP) is 2.22. The molecule has 0 aliphatic carbocycles. The van der Waals surface area contributed by atoms with Crippen LogP contribution >= 0.6 is 0 Å². The van der Waals surface area contributed by atoms with Crippen LogP contribution < -0.4 is 0 Å². The first-order valence-electron chi connectivity index (χ1n) is 3.75. The van der Waals surface area contributed by atoms with Gasteiger partial charge in [0.05, 0.1) is 0 Å². The molecule has 0 unspecified atom stereocenters. The fraction of sp³-hybridized carbons (Fsp3) is 0.200. The van der Waals surface area contributed by atoms with Gasteiger partial charge in [0.1, 0.15) is 0 Å². The van der Waals surface area contributed by atoms with Crippen LogP contribution in [-0.4, -0.2) is 10.2 Å². The van der Waals surface area contributed by atoms with Gasteiger partial charge in [-0.05, 0) is 31.0 Å². The number of hydrogen-bond acceptors (Lipinski definition) is 2. The smallest absolute Gasteiger partial charge is 0.157 e. The van der Waals surface area contributed by atoms with Crippen molar-refractivity contribution in [1.29, 1.82) is 0 Å². The highest BCUT2D eigenvalue weighted by Crippen LogP contribution is 2.25. The number of phenolic OH excluding ortho intramolecular Hbond substituents is 2. The van der Waals surface area contributed by atoms with Crippen LogP contribution in [0.2, 0.25) is 0 Å². The summed E-state index contributed by atoms with van der Waals surface area (Å²) < 4.78 is 0. The minimum atomic E-state index is -0.0829. The fourth-order valence-electron chi connectivity index (χ4n) is 1.03. The number of rotatable bonds is 2. The SMILES string of the molecule is C=C(C)Cc1ccc(O)c(O)c1. The van der Waals surface area contributed by atoms with Crippen molar-refractivity contribution in [2.75, 3.05) is 0 Å². The number of allylic oxidation sites excluding steroid dienone is 1. The first-order valence-corrected chi connectivity index (χ1v) is 3.75. The summed E-state index contributed by atoms with van der Waals surface area (Å²) in [4.78, 5) is 0. The van der Waals surface area contributed by atoms with Crippen molar-refractivity contribution in [2.24, 2.45) is 0 Å². The zero-order valence-electron chi connectivity index (χ0n) is 7.04. The monoisotopic (exact) mass is 164 g/mol. The Kier molecular flexibility index (Phi) is 2.38. The lowest BCUT2D eigenvalue weighted by Gasteiger charge is -2.02. The molecule has 0 aliphatic rings. The maximum atomic E-state index is 9.13. The molecule has 0 saturated carbocycles. The van der Waals surface area contributed by atoms with Crippen LogP contribution in [0.3, 0.4) is 0 Å². The molecule has 0 atom stereocenters. The Morgan fingerprint density at radius 2 is 2.00 bits per heavy atom. The summed E-state index contributed by atoms with van der Waals surface area (Å²) >= 11 is 0. The first-order chi connectivity index (χ1) is 5.59. The molecule has 0 bridgehead atoms. The van der Waals surface area contributed by atoms with E-state index in [2.05, 4.69) is 6.58 Å². The number of phenols is 2. The van der Waals surface area contributed by atoms with E-state index in [1.807, 2.05) is 6.92 Å². The van der Waals surface area contributed by atoms with Crippen LogP contribution in [0.4, 0.5) is 0 Å². The van der Waals surface area contributed by atoms with Crippen LogP contribution in [0.1, 0.15) is 12.5 Å². The van der Waals surface area contributed by atoms with Crippen LogP contribution in [0.5, 0.6) is 11.5 Å². The normalized spacial score (nSPS) is 9.75. The van der Waals surface area contributed by atoms with Gasteiger partial charge >= 0.3 is 0 Å². The highest BCUT2D eigenvalue weighted by atomic mass is 16.3. The summed E-state index contributed by atoms with van der Waals surface area (Å²) in [6.45, 7) is 5.68. The van der Waals surface area contributed by atoms with E-state index in [9.17, 15) is 0 Å². The van der Waals surface area contributed by atoms with E-state index in [0.29, 0.717) is 0 Å². The number of benzene rings is 1. The van der Waals surface area contributed by atoms with Crippen LogP contribution in [-0.2, 0) is 6.42 Å². The molecule has 0 fully saturated rings. The Hall–Kier alpha value is -1.44. The van der Waals surface area contributed by atoms with Crippen molar-refractivity contribution in [1.82, 2.24) is 0 Å². The van der Waals surface area contributed by atoms with Crippen molar-refractivity contribution in [3.8, 4) is 11.5 Å². The number of aromatic hydroxyl groups is 2. The summed E-state index contributed by atoms with van der Waals surface area (Å²) in [6, 6.07) is 4.79. The molecule has 1 aromatic carbocycles. The first kappa shape index (κ1) is 8.65. The Balaban J connectivity index is 2.89. The summed E-state index contributed by atoms with van der Waals surface area (Å²) in [5.74, 6) is -0.158. The molecule has 0 spiro atoms. The summed E-state index contributed by atoms with van der Waals surface area (Å²) in [5.41, 5.74) is 1.98. The molecule has 0 aromatic heterocycles. The molecule has 2 nitrogen and oxygen atoms in total. The molecule has 12 heavy (non-hydrogen) atoms. The van der Waals surface area contributed by atoms with Gasteiger partial charge in [-0.15, -0.1) is 0 Å². The molecule has 1 aromatic rings. The average Bonchev–Trinajstić information content (AvgIpc) is 1.96. The van der Waals surface area contributed by atoms with E-state index in [-0.39, 0.29) is 11.5 Å². The van der Waals surface area contributed by atoms with Crippen molar-refractivity contribution in [2.45, 2.75) is 13.3 Å². The fourth-order valence-corrected chi connectivity index (χ4v) is 1.03. The highest BCUT2D eigenvalue weighted by Gasteiger charge is 1.99. The summed E-state index contributed by atoms with van der Waals surface area (Å²) in [5, 5.41) is 18.1. The second-order valence-electron chi connectivity index (χ2n) is 2.96. The molecule has 0 amide bonds. The van der Waals surface area contributed by atoms with E-state index < -0.39 is 0 Å². The minimum Gasteiger partial charge on any atom is -0.504 e. The van der Waals surface area contributed by atoms with Gasteiger partial charge in [0, 0.05) is 0 Å². The van der Waals surface area contributed by atoms with E-state index in [4.69, 9.17) is 10.2 Å². The molecular weight excluding hydrogens is 152 g/mol. The molecule has 0 saturated heterocycles. The predicted molar refractivity (Wildman–Crippen MR) is 48.3 cm³/mol. The van der Waals surface area contributed by atoms with Gasteiger partial charge in [0.15, 0.2) is 11.5 Å². The second kappa shape index (κ2) is 3.30. The van der Waals surface area contributed by atoms with Crippen LogP contribution in [0.25, 0.3) is 0 Å². The van der Waals surface area contributed by atoms with E-state index in [0.717, 1.165) is 17.6 Å². The Morgan fingerprint density at radius 3 is 2.50 bits per heavy atom. The van der Waals surface area contributed by atoms with Gasteiger partial charge in [0.2, 0.25) is 0 Å². The van der Waals surface area contributed by atoms with Crippen molar-refractivity contribution < 1.29 is 10.2 Å². The molecule has 2 N–H and O–H groups in total. The molecule has 0 radical (unpaired) electrons.